The van der Waals surface area contributed by atoms with E-state index in [9.17, 15) is 22.2 Å². The fourth-order valence-corrected chi connectivity index (χ4v) is 3.01. The van der Waals surface area contributed by atoms with Crippen molar-refractivity contribution in [3.63, 3.8) is 0 Å². The molecule has 1 aliphatic heterocycles. The zero-order chi connectivity index (χ0) is 14.0. The summed E-state index contributed by atoms with van der Waals surface area (Å²) in [5.74, 6) is 0.519. The Hall–Kier alpha value is -1.02. The standard InChI is InChI=1S/C11H9F3O3S2/c12-11(13,14)19(16)17-7-3-4-8-9(15)2-1-5-18-10(8)6-7/h3-4,6H,1-2,5H2. The van der Waals surface area contributed by atoms with Crippen LogP contribution < -0.4 is 4.18 Å². The van der Waals surface area contributed by atoms with Crippen molar-refractivity contribution in [2.24, 2.45) is 0 Å². The van der Waals surface area contributed by atoms with Gasteiger partial charge in [0.25, 0.3) is 0 Å². The molecule has 8 heteroatoms. The van der Waals surface area contributed by atoms with Crippen LogP contribution in [0.3, 0.4) is 0 Å². The van der Waals surface area contributed by atoms with Crippen molar-refractivity contribution in [1.82, 2.24) is 0 Å². The van der Waals surface area contributed by atoms with E-state index in [1.807, 2.05) is 0 Å². The number of halogens is 3. The predicted octanol–water partition coefficient (Wildman–Crippen LogP) is 3.32. The lowest BCUT2D eigenvalue weighted by atomic mass is 10.1. The molecule has 1 unspecified atom stereocenters. The molecule has 3 nitrogen and oxygen atoms in total. The van der Waals surface area contributed by atoms with Crippen molar-refractivity contribution in [1.29, 1.82) is 0 Å². The van der Waals surface area contributed by atoms with Gasteiger partial charge in [-0.25, -0.2) is 4.21 Å². The van der Waals surface area contributed by atoms with Gasteiger partial charge >= 0.3 is 16.6 Å². The van der Waals surface area contributed by atoms with E-state index in [1.54, 1.807) is 0 Å². The van der Waals surface area contributed by atoms with Crippen molar-refractivity contribution in [3.05, 3.63) is 23.8 Å². The van der Waals surface area contributed by atoms with E-state index in [1.165, 1.54) is 30.0 Å². The highest BCUT2D eigenvalue weighted by Gasteiger charge is 2.40. The number of hydrogen-bond donors (Lipinski definition) is 0. The molecule has 1 aromatic rings. The lowest BCUT2D eigenvalue weighted by Crippen LogP contribution is -2.21. The lowest BCUT2D eigenvalue weighted by Gasteiger charge is -2.09. The van der Waals surface area contributed by atoms with Crippen LogP contribution in [0, 0.1) is 0 Å². The Bertz CT molecular complexity index is 528. The number of fused-ring (bicyclic) bond motifs is 1. The molecule has 1 aromatic carbocycles. The van der Waals surface area contributed by atoms with Crippen LogP contribution in [0.25, 0.3) is 0 Å². The first-order chi connectivity index (χ1) is 8.88. The second kappa shape index (κ2) is 5.54. The van der Waals surface area contributed by atoms with Gasteiger partial charge < -0.3 is 4.18 Å². The van der Waals surface area contributed by atoms with Gasteiger partial charge in [0.15, 0.2) is 5.78 Å². The van der Waals surface area contributed by atoms with Gasteiger partial charge in [-0.3, -0.25) is 4.79 Å². The highest BCUT2D eigenvalue weighted by Crippen LogP contribution is 2.33. The van der Waals surface area contributed by atoms with E-state index < -0.39 is 16.6 Å². The Kier molecular flexibility index (Phi) is 4.19. The number of alkyl halides is 3. The SMILES string of the molecule is O=C1CCCSc2cc(OS(=O)C(F)(F)F)ccc21. The highest BCUT2D eigenvalue weighted by molar-refractivity contribution is 7.99. The average molecular weight is 310 g/mol. The Morgan fingerprint density at radius 1 is 1.32 bits per heavy atom. The topological polar surface area (TPSA) is 43.4 Å². The van der Waals surface area contributed by atoms with Gasteiger partial charge in [-0.05, 0) is 30.4 Å². The number of rotatable bonds is 2. The molecule has 0 amide bonds. The van der Waals surface area contributed by atoms with Crippen molar-refractivity contribution in [2.45, 2.75) is 23.2 Å². The number of carbonyl (C=O) groups excluding carboxylic acids is 1. The first-order valence-electron chi connectivity index (χ1n) is 5.35. The smallest absolute Gasteiger partial charge is 0.394 e. The van der Waals surface area contributed by atoms with E-state index in [4.69, 9.17) is 0 Å². The predicted molar refractivity (Wildman–Crippen MR) is 65.6 cm³/mol. The van der Waals surface area contributed by atoms with Gasteiger partial charge in [0.1, 0.15) is 5.75 Å². The fraction of sp³-hybridized carbons (Fsp3) is 0.364. The summed E-state index contributed by atoms with van der Waals surface area (Å²) in [6.45, 7) is 0. The number of benzene rings is 1. The van der Waals surface area contributed by atoms with Crippen LogP contribution in [0.2, 0.25) is 0 Å². The molecule has 19 heavy (non-hydrogen) atoms. The van der Waals surface area contributed by atoms with E-state index in [0.29, 0.717) is 22.6 Å². The lowest BCUT2D eigenvalue weighted by molar-refractivity contribution is -0.0437. The Labute approximate surface area is 114 Å². The summed E-state index contributed by atoms with van der Waals surface area (Å²) < 4.78 is 51.5. The molecule has 1 aliphatic rings. The third-order valence-corrected chi connectivity index (χ3v) is 4.28. The number of thioether (sulfide) groups is 1. The van der Waals surface area contributed by atoms with Crippen LogP contribution in [-0.2, 0) is 11.1 Å². The normalized spacial score (nSPS) is 17.5. The van der Waals surface area contributed by atoms with Crippen LogP contribution in [0.1, 0.15) is 23.2 Å². The molecule has 1 atom stereocenters. The molecule has 0 N–H and O–H groups in total. The second-order valence-corrected chi connectivity index (χ2v) is 6.03. The van der Waals surface area contributed by atoms with Gasteiger partial charge in [-0.15, -0.1) is 11.8 Å². The zero-order valence-electron chi connectivity index (χ0n) is 9.53. The largest absolute Gasteiger partial charge is 0.508 e. The minimum Gasteiger partial charge on any atom is -0.394 e. The number of Topliss-reactive ketones (excluding diaryl/α,β-unsaturated/α-hetero) is 1. The number of ketones is 1. The van der Waals surface area contributed by atoms with Crippen LogP contribution in [-0.4, -0.2) is 21.3 Å². The molecular weight excluding hydrogens is 301 g/mol. The number of hydrogen-bond acceptors (Lipinski definition) is 4. The van der Waals surface area contributed by atoms with Crippen LogP contribution in [0.5, 0.6) is 5.75 Å². The molecule has 2 rings (SSSR count). The van der Waals surface area contributed by atoms with E-state index >= 15 is 0 Å². The minimum atomic E-state index is -4.92. The molecule has 104 valence electrons. The van der Waals surface area contributed by atoms with Crippen molar-refractivity contribution in [2.75, 3.05) is 5.75 Å². The Morgan fingerprint density at radius 2 is 2.05 bits per heavy atom. The third kappa shape index (κ3) is 3.50. The average Bonchev–Trinajstić information content (AvgIpc) is 2.50. The molecule has 0 fully saturated rings. The summed E-state index contributed by atoms with van der Waals surface area (Å²) in [6, 6.07) is 3.97. The van der Waals surface area contributed by atoms with E-state index in [-0.39, 0.29) is 11.5 Å². The van der Waals surface area contributed by atoms with Crippen LogP contribution in [0.15, 0.2) is 23.1 Å². The van der Waals surface area contributed by atoms with Gasteiger partial charge in [0, 0.05) is 16.9 Å². The number of carbonyl (C=O) groups is 1. The van der Waals surface area contributed by atoms with E-state index in [0.717, 1.165) is 6.42 Å². The summed E-state index contributed by atoms with van der Waals surface area (Å²) in [6.07, 6.45) is 1.15. The van der Waals surface area contributed by atoms with Crippen LogP contribution in [0.4, 0.5) is 13.2 Å². The van der Waals surface area contributed by atoms with Crippen molar-refractivity contribution < 1.29 is 26.4 Å². The summed E-state index contributed by atoms with van der Waals surface area (Å²) in [5.41, 5.74) is -4.44. The maximum Gasteiger partial charge on any atom is 0.508 e. The molecular formula is C11H9F3O3S2. The monoisotopic (exact) mass is 310 g/mol. The molecule has 0 aliphatic carbocycles. The Balaban J connectivity index is 2.24. The van der Waals surface area contributed by atoms with Gasteiger partial charge in [0.05, 0.1) is 0 Å². The summed E-state index contributed by atoms with van der Waals surface area (Å²) in [4.78, 5) is 12.3. The fourth-order valence-electron chi connectivity index (χ4n) is 1.59. The molecule has 0 saturated carbocycles. The van der Waals surface area contributed by atoms with E-state index in [2.05, 4.69) is 4.18 Å². The summed E-state index contributed by atoms with van der Waals surface area (Å²) >= 11 is -2.02. The van der Waals surface area contributed by atoms with Crippen LogP contribution >= 0.6 is 11.8 Å². The maximum absolute atomic E-state index is 12.1. The van der Waals surface area contributed by atoms with Gasteiger partial charge in [-0.1, -0.05) is 0 Å². The minimum absolute atomic E-state index is 0.0384. The second-order valence-electron chi connectivity index (χ2n) is 3.80. The first-order valence-corrected chi connectivity index (χ1v) is 7.41. The third-order valence-electron chi connectivity index (χ3n) is 2.42. The highest BCUT2D eigenvalue weighted by atomic mass is 32.2. The summed E-state index contributed by atoms with van der Waals surface area (Å²) in [7, 11) is 0. The zero-order valence-corrected chi connectivity index (χ0v) is 11.2. The molecule has 0 bridgehead atoms. The van der Waals surface area contributed by atoms with Crippen molar-refractivity contribution >= 4 is 28.6 Å². The molecule has 0 saturated heterocycles. The molecule has 0 radical (unpaired) electrons. The Morgan fingerprint density at radius 3 is 2.74 bits per heavy atom. The van der Waals surface area contributed by atoms with Crippen molar-refractivity contribution in [3.8, 4) is 5.75 Å². The molecule has 0 aromatic heterocycles. The molecule has 0 spiro atoms. The maximum atomic E-state index is 12.1. The first kappa shape index (κ1) is 14.4. The summed E-state index contributed by atoms with van der Waals surface area (Å²) in [5, 5.41) is 0. The van der Waals surface area contributed by atoms with Gasteiger partial charge in [0.2, 0.25) is 0 Å². The molecule has 1 heterocycles. The van der Waals surface area contributed by atoms with Gasteiger partial charge in [-0.2, -0.15) is 13.2 Å². The quantitative estimate of drug-likeness (QED) is 0.840.